The molecule has 0 spiro atoms. The number of carbonyl (C=O) groups excluding carboxylic acids is 1. The number of aryl methyl sites for hydroxylation is 1. The van der Waals surface area contributed by atoms with Gasteiger partial charge in [0.15, 0.2) is 0 Å². The number of nitrogens with zero attached hydrogens (tertiary/aromatic N) is 3. The van der Waals surface area contributed by atoms with Gasteiger partial charge in [0.2, 0.25) is 0 Å². The molecule has 0 N–H and O–H groups in total. The SMILES string of the molecule is Cc1nn(CC(F)(F)F)c(C)c1[C@@H]1COCCN1C(=O)c1cccc(F)c1. The molecule has 0 aliphatic carbocycles. The molecule has 1 saturated heterocycles. The third-order valence-corrected chi connectivity index (χ3v) is 4.56. The molecule has 2 aromatic rings. The molecule has 1 aliphatic heterocycles. The van der Waals surface area contributed by atoms with Crippen molar-refractivity contribution in [3.8, 4) is 0 Å². The van der Waals surface area contributed by atoms with Gasteiger partial charge in [0, 0.05) is 23.4 Å². The highest BCUT2D eigenvalue weighted by molar-refractivity contribution is 5.94. The van der Waals surface area contributed by atoms with Crippen molar-refractivity contribution < 1.29 is 27.1 Å². The van der Waals surface area contributed by atoms with Crippen LogP contribution in [0.5, 0.6) is 0 Å². The van der Waals surface area contributed by atoms with E-state index in [4.69, 9.17) is 4.74 Å². The van der Waals surface area contributed by atoms with Crippen molar-refractivity contribution in [3.63, 3.8) is 0 Å². The largest absolute Gasteiger partial charge is 0.408 e. The standard InChI is InChI=1S/C18H19F4N3O2/c1-11-16(12(2)25(23-11)10-18(20,21)22)15-9-27-7-6-24(15)17(26)13-4-3-5-14(19)8-13/h3-5,8,15H,6-7,9-10H2,1-2H3/t15-/m0/s1. The van der Waals surface area contributed by atoms with Crippen LogP contribution in [0.2, 0.25) is 0 Å². The predicted molar refractivity (Wildman–Crippen MR) is 88.8 cm³/mol. The Morgan fingerprint density at radius 3 is 2.74 bits per heavy atom. The summed E-state index contributed by atoms with van der Waals surface area (Å²) in [6, 6.07) is 4.74. The van der Waals surface area contributed by atoms with E-state index in [0.717, 1.165) is 10.7 Å². The van der Waals surface area contributed by atoms with Crippen molar-refractivity contribution in [1.82, 2.24) is 14.7 Å². The van der Waals surface area contributed by atoms with E-state index in [-0.39, 0.29) is 18.7 Å². The van der Waals surface area contributed by atoms with E-state index in [1.54, 1.807) is 13.8 Å². The highest BCUT2D eigenvalue weighted by atomic mass is 19.4. The van der Waals surface area contributed by atoms with E-state index in [1.807, 2.05) is 0 Å². The van der Waals surface area contributed by atoms with Gasteiger partial charge in [-0.1, -0.05) is 6.07 Å². The Kier molecular flexibility index (Phi) is 5.23. The Morgan fingerprint density at radius 1 is 1.33 bits per heavy atom. The number of aromatic nitrogens is 2. The molecular formula is C18H19F4N3O2. The van der Waals surface area contributed by atoms with Crippen LogP contribution in [0.25, 0.3) is 0 Å². The maximum atomic E-state index is 13.5. The first-order valence-electron chi connectivity index (χ1n) is 8.42. The second-order valence-corrected chi connectivity index (χ2v) is 6.46. The van der Waals surface area contributed by atoms with Gasteiger partial charge in [-0.3, -0.25) is 9.48 Å². The second kappa shape index (κ2) is 7.30. The number of benzene rings is 1. The quantitative estimate of drug-likeness (QED) is 0.761. The molecule has 1 amide bonds. The summed E-state index contributed by atoms with van der Waals surface area (Å²) in [7, 11) is 0. The molecular weight excluding hydrogens is 366 g/mol. The van der Waals surface area contributed by atoms with Crippen molar-refractivity contribution in [2.75, 3.05) is 19.8 Å². The molecule has 146 valence electrons. The predicted octanol–water partition coefficient (Wildman–Crippen LogP) is 3.42. The number of morpholine rings is 1. The van der Waals surface area contributed by atoms with Crippen molar-refractivity contribution in [1.29, 1.82) is 0 Å². The molecule has 1 aromatic carbocycles. The number of hydrogen-bond acceptors (Lipinski definition) is 3. The first-order valence-corrected chi connectivity index (χ1v) is 8.42. The van der Waals surface area contributed by atoms with Gasteiger partial charge in [0.05, 0.1) is 24.9 Å². The topological polar surface area (TPSA) is 47.4 Å². The Hall–Kier alpha value is -2.42. The summed E-state index contributed by atoms with van der Waals surface area (Å²) in [5.41, 5.74) is 1.45. The van der Waals surface area contributed by atoms with E-state index >= 15 is 0 Å². The number of halogens is 4. The van der Waals surface area contributed by atoms with Gasteiger partial charge in [-0.15, -0.1) is 0 Å². The van der Waals surface area contributed by atoms with Crippen LogP contribution < -0.4 is 0 Å². The minimum Gasteiger partial charge on any atom is -0.377 e. The van der Waals surface area contributed by atoms with Crippen LogP contribution in [0.3, 0.4) is 0 Å². The maximum Gasteiger partial charge on any atom is 0.408 e. The van der Waals surface area contributed by atoms with Gasteiger partial charge in [-0.05, 0) is 32.0 Å². The fourth-order valence-electron chi connectivity index (χ4n) is 3.39. The molecule has 1 aliphatic rings. The molecule has 0 unspecified atom stereocenters. The molecule has 3 rings (SSSR count). The van der Waals surface area contributed by atoms with E-state index in [1.165, 1.54) is 23.1 Å². The smallest absolute Gasteiger partial charge is 0.377 e. The normalized spacial score (nSPS) is 18.0. The van der Waals surface area contributed by atoms with Gasteiger partial charge in [0.25, 0.3) is 5.91 Å². The van der Waals surface area contributed by atoms with Crippen LogP contribution in [-0.2, 0) is 11.3 Å². The average Bonchev–Trinajstić information content (AvgIpc) is 2.86. The van der Waals surface area contributed by atoms with Gasteiger partial charge in [0.1, 0.15) is 12.4 Å². The van der Waals surface area contributed by atoms with E-state index in [0.29, 0.717) is 23.6 Å². The first kappa shape index (κ1) is 19.3. The molecule has 2 heterocycles. The fourth-order valence-corrected chi connectivity index (χ4v) is 3.39. The van der Waals surface area contributed by atoms with Crippen molar-refractivity contribution in [3.05, 3.63) is 52.6 Å². The van der Waals surface area contributed by atoms with Gasteiger partial charge in [-0.2, -0.15) is 18.3 Å². The molecule has 9 heteroatoms. The molecule has 1 aromatic heterocycles. The third-order valence-electron chi connectivity index (χ3n) is 4.56. The zero-order chi connectivity index (χ0) is 19.8. The Labute approximate surface area is 153 Å². The second-order valence-electron chi connectivity index (χ2n) is 6.46. The summed E-state index contributed by atoms with van der Waals surface area (Å²) in [4.78, 5) is 14.4. The van der Waals surface area contributed by atoms with Crippen molar-refractivity contribution >= 4 is 5.91 Å². The van der Waals surface area contributed by atoms with Crippen LogP contribution in [0.15, 0.2) is 24.3 Å². The molecule has 1 fully saturated rings. The summed E-state index contributed by atoms with van der Waals surface area (Å²) in [6.45, 7) is 2.64. The lowest BCUT2D eigenvalue weighted by atomic mass is 10.0. The summed E-state index contributed by atoms with van der Waals surface area (Å²) in [5, 5.41) is 3.99. The lowest BCUT2D eigenvalue weighted by molar-refractivity contribution is -0.143. The van der Waals surface area contributed by atoms with Crippen LogP contribution >= 0.6 is 0 Å². The average molecular weight is 385 g/mol. The molecule has 0 bridgehead atoms. The maximum absolute atomic E-state index is 13.5. The van der Waals surface area contributed by atoms with Crippen LogP contribution in [0.1, 0.15) is 33.4 Å². The fraction of sp³-hybridized carbons (Fsp3) is 0.444. The number of alkyl halides is 3. The van der Waals surface area contributed by atoms with E-state index in [2.05, 4.69) is 5.10 Å². The summed E-state index contributed by atoms with van der Waals surface area (Å²) in [6.07, 6.45) is -4.40. The number of amides is 1. The number of carbonyl (C=O) groups is 1. The zero-order valence-corrected chi connectivity index (χ0v) is 14.9. The Balaban J connectivity index is 1.95. The molecule has 0 saturated carbocycles. The lowest BCUT2D eigenvalue weighted by Crippen LogP contribution is -2.43. The molecule has 0 radical (unpaired) electrons. The van der Waals surface area contributed by atoms with Crippen molar-refractivity contribution in [2.24, 2.45) is 0 Å². The third kappa shape index (κ3) is 4.13. The van der Waals surface area contributed by atoms with Gasteiger partial charge >= 0.3 is 6.18 Å². The first-order chi connectivity index (χ1) is 12.7. The molecule has 5 nitrogen and oxygen atoms in total. The highest BCUT2D eigenvalue weighted by Crippen LogP contribution is 2.32. The number of hydrogen-bond donors (Lipinski definition) is 0. The minimum atomic E-state index is -4.40. The molecule has 1 atom stereocenters. The Bertz CT molecular complexity index is 848. The molecule has 27 heavy (non-hydrogen) atoms. The van der Waals surface area contributed by atoms with Gasteiger partial charge < -0.3 is 9.64 Å². The number of rotatable bonds is 3. The van der Waals surface area contributed by atoms with Crippen LogP contribution in [-0.4, -0.2) is 46.5 Å². The van der Waals surface area contributed by atoms with Gasteiger partial charge in [-0.25, -0.2) is 4.39 Å². The monoisotopic (exact) mass is 385 g/mol. The van der Waals surface area contributed by atoms with E-state index in [9.17, 15) is 22.4 Å². The minimum absolute atomic E-state index is 0.139. The summed E-state index contributed by atoms with van der Waals surface area (Å²) >= 11 is 0. The van der Waals surface area contributed by atoms with E-state index < -0.39 is 30.5 Å². The van der Waals surface area contributed by atoms with Crippen LogP contribution in [0.4, 0.5) is 17.6 Å². The summed E-state index contributed by atoms with van der Waals surface area (Å²) in [5.74, 6) is -0.929. The zero-order valence-electron chi connectivity index (χ0n) is 14.9. The highest BCUT2D eigenvalue weighted by Gasteiger charge is 2.35. The van der Waals surface area contributed by atoms with Crippen molar-refractivity contribution in [2.45, 2.75) is 32.6 Å². The Morgan fingerprint density at radius 2 is 2.07 bits per heavy atom. The summed E-state index contributed by atoms with van der Waals surface area (Å²) < 4.78 is 58.2. The lowest BCUT2D eigenvalue weighted by Gasteiger charge is -2.36. The van der Waals surface area contributed by atoms with Crippen LogP contribution in [0, 0.1) is 19.7 Å². The number of ether oxygens (including phenoxy) is 1.